The standard InChI is InChI=1S/C21H28N4O/c26-21-17-23(12-13-25(21)15-19-8-4-5-9-19)16-20-22-10-11-24(20)14-18-6-2-1-3-7-18/h1-3,6-7,10-11,19H,4-5,8-9,12-17H2. The van der Waals surface area contributed by atoms with Gasteiger partial charge in [-0.05, 0) is 24.3 Å². The Hall–Kier alpha value is -2.14. The third-order valence-corrected chi connectivity index (χ3v) is 5.71. The molecule has 4 rings (SSSR count). The number of carbonyl (C=O) groups excluding carboxylic acids is 1. The van der Waals surface area contributed by atoms with Crippen LogP contribution < -0.4 is 0 Å². The summed E-state index contributed by atoms with van der Waals surface area (Å²) in [7, 11) is 0. The summed E-state index contributed by atoms with van der Waals surface area (Å²) in [6, 6.07) is 10.4. The molecular formula is C21H28N4O. The third kappa shape index (κ3) is 4.15. The monoisotopic (exact) mass is 352 g/mol. The van der Waals surface area contributed by atoms with E-state index in [9.17, 15) is 4.79 Å². The number of rotatable bonds is 6. The summed E-state index contributed by atoms with van der Waals surface area (Å²) in [6.45, 7) is 4.85. The Morgan fingerprint density at radius 3 is 2.62 bits per heavy atom. The van der Waals surface area contributed by atoms with Gasteiger partial charge in [0.1, 0.15) is 5.82 Å². The second-order valence-corrected chi connectivity index (χ2v) is 7.66. The average Bonchev–Trinajstić information content (AvgIpc) is 3.31. The second-order valence-electron chi connectivity index (χ2n) is 7.66. The van der Waals surface area contributed by atoms with Gasteiger partial charge in [0, 0.05) is 38.6 Å². The van der Waals surface area contributed by atoms with Crippen LogP contribution in [0.2, 0.25) is 0 Å². The molecule has 1 amide bonds. The fraction of sp³-hybridized carbons (Fsp3) is 0.524. The molecule has 2 fully saturated rings. The molecule has 0 atom stereocenters. The van der Waals surface area contributed by atoms with Crippen molar-refractivity contribution < 1.29 is 4.79 Å². The minimum atomic E-state index is 0.282. The van der Waals surface area contributed by atoms with Crippen molar-refractivity contribution in [3.63, 3.8) is 0 Å². The van der Waals surface area contributed by atoms with E-state index in [1.165, 1.54) is 31.2 Å². The third-order valence-electron chi connectivity index (χ3n) is 5.71. The minimum absolute atomic E-state index is 0.282. The van der Waals surface area contributed by atoms with Crippen molar-refractivity contribution >= 4 is 5.91 Å². The molecule has 138 valence electrons. The maximum atomic E-state index is 12.6. The number of carbonyl (C=O) groups is 1. The zero-order chi connectivity index (χ0) is 17.8. The lowest BCUT2D eigenvalue weighted by molar-refractivity contribution is -0.137. The van der Waals surface area contributed by atoms with Crippen LogP contribution in [0.1, 0.15) is 37.1 Å². The van der Waals surface area contributed by atoms with Crippen LogP contribution in [-0.4, -0.2) is 51.4 Å². The molecule has 0 radical (unpaired) electrons. The molecule has 5 heteroatoms. The van der Waals surface area contributed by atoms with Gasteiger partial charge in [0.15, 0.2) is 0 Å². The van der Waals surface area contributed by atoms with Crippen LogP contribution in [0.15, 0.2) is 42.7 Å². The zero-order valence-corrected chi connectivity index (χ0v) is 15.4. The highest BCUT2D eigenvalue weighted by atomic mass is 16.2. The Labute approximate surface area is 155 Å². The van der Waals surface area contributed by atoms with E-state index < -0.39 is 0 Å². The SMILES string of the molecule is O=C1CN(Cc2nccn2Cc2ccccc2)CCN1CC1CCCC1. The molecule has 1 aliphatic carbocycles. The highest BCUT2D eigenvalue weighted by Gasteiger charge is 2.27. The number of aromatic nitrogens is 2. The number of piperazine rings is 1. The molecule has 26 heavy (non-hydrogen) atoms. The van der Waals surface area contributed by atoms with Crippen LogP contribution in [0.4, 0.5) is 0 Å². The van der Waals surface area contributed by atoms with Crippen molar-refractivity contribution in [2.75, 3.05) is 26.2 Å². The molecule has 1 aliphatic heterocycles. The summed E-state index contributed by atoms with van der Waals surface area (Å²) >= 11 is 0. The molecule has 0 N–H and O–H groups in total. The van der Waals surface area contributed by atoms with Gasteiger partial charge in [0.25, 0.3) is 0 Å². The smallest absolute Gasteiger partial charge is 0.236 e. The first kappa shape index (κ1) is 17.3. The van der Waals surface area contributed by atoms with Gasteiger partial charge in [0.05, 0.1) is 13.1 Å². The van der Waals surface area contributed by atoms with Crippen LogP contribution >= 0.6 is 0 Å². The van der Waals surface area contributed by atoms with Crippen LogP contribution in [-0.2, 0) is 17.9 Å². The summed E-state index contributed by atoms with van der Waals surface area (Å²) in [5.41, 5.74) is 1.27. The summed E-state index contributed by atoms with van der Waals surface area (Å²) < 4.78 is 2.19. The van der Waals surface area contributed by atoms with Crippen LogP contribution in [0.5, 0.6) is 0 Å². The van der Waals surface area contributed by atoms with Gasteiger partial charge in [-0.1, -0.05) is 43.2 Å². The number of nitrogens with zero attached hydrogens (tertiary/aromatic N) is 4. The van der Waals surface area contributed by atoms with Crippen molar-refractivity contribution in [1.29, 1.82) is 0 Å². The topological polar surface area (TPSA) is 41.4 Å². The Bertz CT molecular complexity index is 721. The number of benzene rings is 1. The first-order valence-corrected chi connectivity index (χ1v) is 9.82. The van der Waals surface area contributed by atoms with Gasteiger partial charge in [0.2, 0.25) is 5.91 Å². The molecule has 1 saturated heterocycles. The minimum Gasteiger partial charge on any atom is -0.340 e. The quantitative estimate of drug-likeness (QED) is 0.803. The number of hydrogen-bond donors (Lipinski definition) is 0. The van der Waals surface area contributed by atoms with Crippen molar-refractivity contribution in [3.8, 4) is 0 Å². The van der Waals surface area contributed by atoms with E-state index in [0.29, 0.717) is 6.54 Å². The lowest BCUT2D eigenvalue weighted by Gasteiger charge is -2.35. The molecule has 2 aliphatic rings. The van der Waals surface area contributed by atoms with Crippen molar-refractivity contribution in [1.82, 2.24) is 19.4 Å². The van der Waals surface area contributed by atoms with Gasteiger partial charge in [-0.15, -0.1) is 0 Å². The maximum absolute atomic E-state index is 12.6. The number of hydrogen-bond acceptors (Lipinski definition) is 3. The molecule has 1 aromatic carbocycles. The molecule has 0 bridgehead atoms. The first-order valence-electron chi connectivity index (χ1n) is 9.82. The van der Waals surface area contributed by atoms with Gasteiger partial charge in [-0.3, -0.25) is 9.69 Å². The van der Waals surface area contributed by atoms with Crippen molar-refractivity contribution in [3.05, 3.63) is 54.1 Å². The largest absolute Gasteiger partial charge is 0.340 e. The molecule has 2 heterocycles. The highest BCUT2D eigenvalue weighted by molar-refractivity contribution is 5.79. The molecule has 1 saturated carbocycles. The Morgan fingerprint density at radius 2 is 1.85 bits per heavy atom. The molecule has 0 unspecified atom stereocenters. The van der Waals surface area contributed by atoms with E-state index in [2.05, 4.69) is 43.6 Å². The Kier molecular flexibility index (Phi) is 5.34. The van der Waals surface area contributed by atoms with E-state index in [4.69, 9.17) is 0 Å². The first-order chi connectivity index (χ1) is 12.8. The lowest BCUT2D eigenvalue weighted by atomic mass is 10.1. The number of imidazole rings is 1. The predicted molar refractivity (Wildman–Crippen MR) is 102 cm³/mol. The molecular weight excluding hydrogens is 324 g/mol. The van der Waals surface area contributed by atoms with Gasteiger partial charge in [-0.2, -0.15) is 0 Å². The van der Waals surface area contributed by atoms with Crippen LogP contribution in [0.25, 0.3) is 0 Å². The molecule has 1 aromatic heterocycles. The molecule has 2 aromatic rings. The van der Waals surface area contributed by atoms with E-state index in [-0.39, 0.29) is 5.91 Å². The fourth-order valence-corrected chi connectivity index (χ4v) is 4.21. The second kappa shape index (κ2) is 8.04. The summed E-state index contributed by atoms with van der Waals surface area (Å²) in [4.78, 5) is 21.4. The summed E-state index contributed by atoms with van der Waals surface area (Å²) in [6.07, 6.45) is 9.15. The molecule has 0 spiro atoms. The Balaban J connectivity index is 1.33. The van der Waals surface area contributed by atoms with E-state index in [1.54, 1.807) is 0 Å². The van der Waals surface area contributed by atoms with Crippen molar-refractivity contribution in [2.45, 2.75) is 38.8 Å². The average molecular weight is 352 g/mol. The molecule has 5 nitrogen and oxygen atoms in total. The predicted octanol–water partition coefficient (Wildman–Crippen LogP) is 2.77. The van der Waals surface area contributed by atoms with Crippen LogP contribution in [0, 0.1) is 5.92 Å². The lowest BCUT2D eigenvalue weighted by Crippen LogP contribution is -2.51. The maximum Gasteiger partial charge on any atom is 0.236 e. The van der Waals surface area contributed by atoms with Gasteiger partial charge in [-0.25, -0.2) is 4.98 Å². The highest BCUT2D eigenvalue weighted by Crippen LogP contribution is 2.26. The van der Waals surface area contributed by atoms with E-state index >= 15 is 0 Å². The van der Waals surface area contributed by atoms with Gasteiger partial charge < -0.3 is 9.47 Å². The fourth-order valence-electron chi connectivity index (χ4n) is 4.21. The zero-order valence-electron chi connectivity index (χ0n) is 15.4. The Morgan fingerprint density at radius 1 is 1.04 bits per heavy atom. The number of amides is 1. The summed E-state index contributed by atoms with van der Waals surface area (Å²) in [5, 5.41) is 0. The normalized spacial score (nSPS) is 19.4. The summed E-state index contributed by atoms with van der Waals surface area (Å²) in [5.74, 6) is 2.05. The van der Waals surface area contributed by atoms with Crippen LogP contribution in [0.3, 0.4) is 0 Å². The van der Waals surface area contributed by atoms with E-state index in [1.807, 2.05) is 18.5 Å². The van der Waals surface area contributed by atoms with Crippen molar-refractivity contribution in [2.24, 2.45) is 5.92 Å². The van der Waals surface area contributed by atoms with E-state index in [0.717, 1.165) is 44.5 Å². The van der Waals surface area contributed by atoms with Gasteiger partial charge >= 0.3 is 0 Å².